The lowest BCUT2D eigenvalue weighted by Gasteiger charge is -2.04. The van der Waals surface area contributed by atoms with Crippen molar-refractivity contribution in [2.45, 2.75) is 13.0 Å². The Bertz CT molecular complexity index is 816. The molecule has 7 nitrogen and oxygen atoms in total. The summed E-state index contributed by atoms with van der Waals surface area (Å²) in [6.45, 7) is 0.416. The predicted molar refractivity (Wildman–Crippen MR) is 92.4 cm³/mol. The quantitative estimate of drug-likeness (QED) is 0.721. The third-order valence-corrected chi connectivity index (χ3v) is 3.50. The van der Waals surface area contributed by atoms with Crippen LogP contribution in [0.3, 0.4) is 0 Å². The second-order valence-electron chi connectivity index (χ2n) is 5.32. The van der Waals surface area contributed by atoms with Gasteiger partial charge in [-0.1, -0.05) is 47.6 Å². The molecule has 0 unspecified atom stereocenters. The number of anilines is 1. The van der Waals surface area contributed by atoms with E-state index >= 15 is 0 Å². The highest BCUT2D eigenvalue weighted by Crippen LogP contribution is 2.15. The molecule has 2 aromatic carbocycles. The maximum Gasteiger partial charge on any atom is 0.323 e. The van der Waals surface area contributed by atoms with Crippen molar-refractivity contribution < 1.29 is 13.9 Å². The number of benzene rings is 2. The first kappa shape index (κ1) is 16.5. The fraction of sp³-hybridized carbons (Fsp3) is 0.167. The summed E-state index contributed by atoms with van der Waals surface area (Å²) in [5, 5.41) is 13.0. The Morgan fingerprint density at radius 3 is 2.52 bits per heavy atom. The molecule has 0 bridgehead atoms. The maximum atomic E-state index is 11.9. The summed E-state index contributed by atoms with van der Waals surface area (Å²) in [7, 11) is 1.62. The summed E-state index contributed by atoms with van der Waals surface area (Å²) in [5.74, 6) is 1.20. The Hall–Kier alpha value is -3.35. The van der Waals surface area contributed by atoms with Gasteiger partial charge in [0.2, 0.25) is 5.89 Å². The number of nitrogens with one attached hydrogen (secondary N) is 2. The van der Waals surface area contributed by atoms with Crippen molar-refractivity contribution in [3.05, 3.63) is 71.6 Å². The summed E-state index contributed by atoms with van der Waals surface area (Å²) < 4.78 is 10.6. The van der Waals surface area contributed by atoms with Gasteiger partial charge in [0, 0.05) is 6.54 Å². The molecule has 0 spiro atoms. The van der Waals surface area contributed by atoms with E-state index in [-0.39, 0.29) is 6.01 Å². The van der Waals surface area contributed by atoms with Gasteiger partial charge in [0.1, 0.15) is 5.75 Å². The van der Waals surface area contributed by atoms with E-state index < -0.39 is 6.03 Å². The molecule has 2 N–H and O–H groups in total. The molecule has 1 aromatic heterocycles. The topological polar surface area (TPSA) is 89.3 Å². The molecule has 0 saturated carbocycles. The van der Waals surface area contributed by atoms with Crippen LogP contribution in [0.5, 0.6) is 5.75 Å². The van der Waals surface area contributed by atoms with E-state index in [1.165, 1.54) is 0 Å². The summed E-state index contributed by atoms with van der Waals surface area (Å²) in [5.41, 5.74) is 2.01. The van der Waals surface area contributed by atoms with Gasteiger partial charge in [0.05, 0.1) is 13.5 Å². The lowest BCUT2D eigenvalue weighted by Crippen LogP contribution is -2.28. The van der Waals surface area contributed by atoms with Gasteiger partial charge in [-0.15, -0.1) is 5.10 Å². The minimum absolute atomic E-state index is 0.0640. The van der Waals surface area contributed by atoms with Crippen LogP contribution >= 0.6 is 0 Å². The van der Waals surface area contributed by atoms with E-state index in [1.54, 1.807) is 7.11 Å². The molecule has 0 aliphatic heterocycles. The third kappa shape index (κ3) is 4.81. The molecule has 0 aliphatic carbocycles. The minimum Gasteiger partial charge on any atom is -0.497 e. The van der Waals surface area contributed by atoms with Crippen LogP contribution in [-0.4, -0.2) is 23.3 Å². The number of carbonyl (C=O) groups is 1. The number of hydrogen-bond acceptors (Lipinski definition) is 5. The summed E-state index contributed by atoms with van der Waals surface area (Å²) >= 11 is 0. The molecule has 1 heterocycles. The highest BCUT2D eigenvalue weighted by atomic mass is 16.5. The molecule has 0 saturated heterocycles. The molecule has 0 aliphatic rings. The van der Waals surface area contributed by atoms with Gasteiger partial charge in [-0.05, 0) is 23.3 Å². The van der Waals surface area contributed by atoms with Crippen LogP contribution in [0.15, 0.2) is 59.0 Å². The van der Waals surface area contributed by atoms with Gasteiger partial charge >= 0.3 is 12.0 Å². The standard InChI is InChI=1S/C18H18N4O3/c1-24-15-9-7-13(8-10-15)11-16-21-22-18(25-16)20-17(23)19-12-14-5-3-2-4-6-14/h2-10H,11-12H2,1H3,(H2,19,20,22,23). The van der Waals surface area contributed by atoms with Crippen LogP contribution in [0.25, 0.3) is 0 Å². The average Bonchev–Trinajstić information content (AvgIpc) is 3.08. The Morgan fingerprint density at radius 2 is 1.80 bits per heavy atom. The number of ether oxygens (including phenoxy) is 1. The van der Waals surface area contributed by atoms with E-state index in [2.05, 4.69) is 20.8 Å². The van der Waals surface area contributed by atoms with Gasteiger partial charge in [-0.3, -0.25) is 5.32 Å². The van der Waals surface area contributed by atoms with Crippen LogP contribution < -0.4 is 15.4 Å². The first-order valence-electron chi connectivity index (χ1n) is 7.77. The van der Waals surface area contributed by atoms with Crippen LogP contribution in [0, 0.1) is 0 Å². The second kappa shape index (κ2) is 7.96. The molecular weight excluding hydrogens is 320 g/mol. The third-order valence-electron chi connectivity index (χ3n) is 3.50. The van der Waals surface area contributed by atoms with E-state index in [1.807, 2.05) is 54.6 Å². The fourth-order valence-electron chi connectivity index (χ4n) is 2.21. The van der Waals surface area contributed by atoms with Crippen molar-refractivity contribution in [1.82, 2.24) is 15.5 Å². The van der Waals surface area contributed by atoms with Gasteiger partial charge in [0.15, 0.2) is 0 Å². The van der Waals surface area contributed by atoms with Crippen molar-refractivity contribution in [3.63, 3.8) is 0 Å². The lowest BCUT2D eigenvalue weighted by atomic mass is 10.1. The van der Waals surface area contributed by atoms with E-state index in [9.17, 15) is 4.79 Å². The van der Waals surface area contributed by atoms with Crippen LogP contribution in [0.2, 0.25) is 0 Å². The second-order valence-corrected chi connectivity index (χ2v) is 5.32. The van der Waals surface area contributed by atoms with Crippen LogP contribution in [0.4, 0.5) is 10.8 Å². The average molecular weight is 338 g/mol. The zero-order valence-electron chi connectivity index (χ0n) is 13.7. The molecule has 3 aromatic rings. The first-order valence-corrected chi connectivity index (χ1v) is 7.77. The zero-order valence-corrected chi connectivity index (χ0v) is 13.7. The molecule has 2 amide bonds. The molecule has 0 radical (unpaired) electrons. The molecular formula is C18H18N4O3. The Labute approximate surface area is 145 Å². The van der Waals surface area contributed by atoms with Crippen molar-refractivity contribution in [1.29, 1.82) is 0 Å². The number of hydrogen-bond donors (Lipinski definition) is 2. The predicted octanol–water partition coefficient (Wildman–Crippen LogP) is 2.99. The van der Waals surface area contributed by atoms with E-state index in [4.69, 9.17) is 9.15 Å². The largest absolute Gasteiger partial charge is 0.497 e. The molecule has 7 heteroatoms. The van der Waals surface area contributed by atoms with Crippen LogP contribution in [-0.2, 0) is 13.0 Å². The number of methoxy groups -OCH3 is 1. The highest BCUT2D eigenvalue weighted by Gasteiger charge is 2.10. The molecule has 3 rings (SSSR count). The Kier molecular flexibility index (Phi) is 5.26. The van der Waals surface area contributed by atoms with Crippen molar-refractivity contribution in [3.8, 4) is 5.75 Å². The lowest BCUT2D eigenvalue weighted by molar-refractivity contribution is 0.251. The molecule has 128 valence electrons. The van der Waals surface area contributed by atoms with Gasteiger partial charge in [0.25, 0.3) is 0 Å². The van der Waals surface area contributed by atoms with Gasteiger partial charge in [-0.25, -0.2) is 4.79 Å². The summed E-state index contributed by atoms with van der Waals surface area (Å²) in [6.07, 6.45) is 0.476. The number of nitrogens with zero attached hydrogens (tertiary/aromatic N) is 2. The number of aromatic nitrogens is 2. The van der Waals surface area contributed by atoms with E-state index in [0.29, 0.717) is 18.9 Å². The normalized spacial score (nSPS) is 10.3. The van der Waals surface area contributed by atoms with Gasteiger partial charge < -0.3 is 14.5 Å². The van der Waals surface area contributed by atoms with Gasteiger partial charge in [-0.2, -0.15) is 0 Å². The summed E-state index contributed by atoms with van der Waals surface area (Å²) in [4.78, 5) is 11.9. The number of amides is 2. The molecule has 0 atom stereocenters. The Balaban J connectivity index is 1.51. The summed E-state index contributed by atoms with van der Waals surface area (Å²) in [6, 6.07) is 16.8. The smallest absolute Gasteiger partial charge is 0.323 e. The van der Waals surface area contributed by atoms with Crippen molar-refractivity contribution in [2.75, 3.05) is 12.4 Å². The Morgan fingerprint density at radius 1 is 1.04 bits per heavy atom. The molecule has 25 heavy (non-hydrogen) atoms. The number of urea groups is 1. The maximum absolute atomic E-state index is 11.9. The number of carbonyl (C=O) groups excluding carboxylic acids is 1. The highest BCUT2D eigenvalue weighted by molar-refractivity contribution is 5.86. The molecule has 0 fully saturated rings. The SMILES string of the molecule is COc1ccc(Cc2nnc(NC(=O)NCc3ccccc3)o2)cc1. The minimum atomic E-state index is -0.400. The fourth-order valence-corrected chi connectivity index (χ4v) is 2.21. The monoisotopic (exact) mass is 338 g/mol. The van der Waals surface area contributed by atoms with E-state index in [0.717, 1.165) is 16.9 Å². The van der Waals surface area contributed by atoms with Crippen LogP contribution in [0.1, 0.15) is 17.0 Å². The number of rotatable bonds is 6. The van der Waals surface area contributed by atoms with Crippen molar-refractivity contribution >= 4 is 12.0 Å². The van der Waals surface area contributed by atoms with Crippen molar-refractivity contribution in [2.24, 2.45) is 0 Å². The first-order chi connectivity index (χ1) is 12.2. The zero-order chi connectivity index (χ0) is 17.5.